The van der Waals surface area contributed by atoms with E-state index in [0.717, 1.165) is 0 Å². The summed E-state index contributed by atoms with van der Waals surface area (Å²) in [7, 11) is 0. The summed E-state index contributed by atoms with van der Waals surface area (Å²) in [6.07, 6.45) is 0. The number of ether oxygens (including phenoxy) is 1. The van der Waals surface area contributed by atoms with Gasteiger partial charge in [0.05, 0.1) is 17.2 Å². The topological polar surface area (TPSA) is 84.8 Å². The van der Waals surface area contributed by atoms with Gasteiger partial charge in [-0.15, -0.1) is 0 Å². The molecule has 5 nitrogen and oxygen atoms in total. The number of nitriles is 1. The first-order valence-corrected chi connectivity index (χ1v) is 6.64. The van der Waals surface area contributed by atoms with E-state index >= 15 is 0 Å². The van der Waals surface area contributed by atoms with E-state index in [9.17, 15) is 0 Å². The molecule has 0 saturated carbocycles. The third-order valence-electron chi connectivity index (χ3n) is 3.01. The Bertz CT molecular complexity index is 694. The summed E-state index contributed by atoms with van der Waals surface area (Å²) < 4.78 is 5.78. The predicted molar refractivity (Wildman–Crippen MR) is 81.1 cm³/mol. The number of benzene rings is 1. The van der Waals surface area contributed by atoms with Crippen LogP contribution in [-0.4, -0.2) is 9.97 Å². The van der Waals surface area contributed by atoms with Gasteiger partial charge in [-0.25, -0.2) is 4.98 Å². The van der Waals surface area contributed by atoms with Gasteiger partial charge in [0.25, 0.3) is 0 Å². The molecule has 2 aromatic rings. The average Bonchev–Trinajstić information content (AvgIpc) is 2.43. The zero-order valence-corrected chi connectivity index (χ0v) is 12.6. The number of nitrogens with two attached hydrogens (primary N) is 1. The molecule has 2 rings (SSSR count). The minimum Gasteiger partial charge on any atom is -0.439 e. The molecule has 0 aliphatic rings. The van der Waals surface area contributed by atoms with E-state index in [1.807, 2.05) is 27.7 Å². The Morgan fingerprint density at radius 2 is 1.76 bits per heavy atom. The summed E-state index contributed by atoms with van der Waals surface area (Å²) in [4.78, 5) is 8.78. The molecule has 5 heteroatoms. The minimum atomic E-state index is -0.218. The van der Waals surface area contributed by atoms with Crippen LogP contribution in [0.25, 0.3) is 0 Å². The number of anilines is 1. The van der Waals surface area contributed by atoms with Gasteiger partial charge in [-0.05, 0) is 31.2 Å². The van der Waals surface area contributed by atoms with E-state index in [1.165, 1.54) is 0 Å². The summed E-state index contributed by atoms with van der Waals surface area (Å²) >= 11 is 0. The van der Waals surface area contributed by atoms with E-state index in [0.29, 0.717) is 34.4 Å². The molecular weight excluding hydrogens is 264 g/mol. The number of aromatic nitrogens is 2. The van der Waals surface area contributed by atoms with Gasteiger partial charge in [0, 0.05) is 5.41 Å². The van der Waals surface area contributed by atoms with Gasteiger partial charge in [0.2, 0.25) is 5.88 Å². The summed E-state index contributed by atoms with van der Waals surface area (Å²) in [5.41, 5.74) is 7.01. The first kappa shape index (κ1) is 14.8. The highest BCUT2D eigenvalue weighted by molar-refractivity contribution is 5.47. The second-order valence-electron chi connectivity index (χ2n) is 5.85. The van der Waals surface area contributed by atoms with Crippen LogP contribution in [-0.2, 0) is 5.41 Å². The molecule has 0 amide bonds. The summed E-state index contributed by atoms with van der Waals surface area (Å²) in [5.74, 6) is 2.10. The highest BCUT2D eigenvalue weighted by atomic mass is 16.5. The molecule has 0 atom stereocenters. The molecular formula is C16H18N4O. The Morgan fingerprint density at radius 3 is 2.29 bits per heavy atom. The van der Waals surface area contributed by atoms with Crippen molar-refractivity contribution in [2.24, 2.45) is 0 Å². The number of nitrogen functional groups attached to an aromatic ring is 1. The molecule has 0 saturated heterocycles. The van der Waals surface area contributed by atoms with E-state index in [1.54, 1.807) is 24.3 Å². The number of nitrogens with zero attached hydrogens (tertiary/aromatic N) is 3. The lowest BCUT2D eigenvalue weighted by Gasteiger charge is -2.19. The molecule has 0 aliphatic heterocycles. The molecule has 0 bridgehead atoms. The Morgan fingerprint density at radius 1 is 1.14 bits per heavy atom. The Balaban J connectivity index is 2.39. The van der Waals surface area contributed by atoms with Crippen LogP contribution in [0.15, 0.2) is 24.3 Å². The van der Waals surface area contributed by atoms with Crippen LogP contribution in [0.5, 0.6) is 11.6 Å². The van der Waals surface area contributed by atoms with E-state index in [4.69, 9.17) is 15.7 Å². The Hall–Kier alpha value is -2.61. The molecule has 1 aromatic carbocycles. The summed E-state index contributed by atoms with van der Waals surface area (Å²) in [6, 6.07) is 8.91. The van der Waals surface area contributed by atoms with Gasteiger partial charge < -0.3 is 10.5 Å². The molecule has 108 valence electrons. The third kappa shape index (κ3) is 3.29. The van der Waals surface area contributed by atoms with Gasteiger partial charge >= 0.3 is 0 Å². The number of rotatable bonds is 2. The molecule has 1 heterocycles. The fourth-order valence-electron chi connectivity index (χ4n) is 1.66. The van der Waals surface area contributed by atoms with Crippen molar-refractivity contribution in [1.29, 1.82) is 5.26 Å². The van der Waals surface area contributed by atoms with Crippen molar-refractivity contribution in [3.8, 4) is 17.7 Å². The van der Waals surface area contributed by atoms with Crippen LogP contribution in [0.3, 0.4) is 0 Å². The molecule has 0 fully saturated rings. The zero-order chi connectivity index (χ0) is 15.6. The quantitative estimate of drug-likeness (QED) is 0.913. The van der Waals surface area contributed by atoms with Crippen LogP contribution >= 0.6 is 0 Å². The van der Waals surface area contributed by atoms with Crippen molar-refractivity contribution in [2.75, 3.05) is 5.73 Å². The van der Waals surface area contributed by atoms with Gasteiger partial charge in [0.1, 0.15) is 17.4 Å². The lowest BCUT2D eigenvalue weighted by Crippen LogP contribution is -2.18. The largest absolute Gasteiger partial charge is 0.439 e. The highest BCUT2D eigenvalue weighted by Gasteiger charge is 2.21. The van der Waals surface area contributed by atoms with E-state index in [-0.39, 0.29) is 5.41 Å². The van der Waals surface area contributed by atoms with Gasteiger partial charge in [-0.1, -0.05) is 20.8 Å². The minimum absolute atomic E-state index is 0.218. The van der Waals surface area contributed by atoms with E-state index < -0.39 is 0 Å². The van der Waals surface area contributed by atoms with Gasteiger partial charge in [0.15, 0.2) is 0 Å². The predicted octanol–water partition coefficient (Wildman–Crippen LogP) is 3.33. The third-order valence-corrected chi connectivity index (χ3v) is 3.01. The van der Waals surface area contributed by atoms with Crippen LogP contribution in [0, 0.1) is 18.3 Å². The average molecular weight is 282 g/mol. The summed E-state index contributed by atoms with van der Waals surface area (Å²) in [5, 5.41) is 8.80. The van der Waals surface area contributed by atoms with Crippen molar-refractivity contribution in [1.82, 2.24) is 9.97 Å². The van der Waals surface area contributed by atoms with E-state index in [2.05, 4.69) is 16.0 Å². The second kappa shape index (κ2) is 5.41. The second-order valence-corrected chi connectivity index (χ2v) is 5.85. The zero-order valence-electron chi connectivity index (χ0n) is 12.6. The molecule has 1 aromatic heterocycles. The van der Waals surface area contributed by atoms with Crippen LogP contribution in [0.2, 0.25) is 0 Å². The van der Waals surface area contributed by atoms with Crippen molar-refractivity contribution < 1.29 is 4.74 Å². The first-order chi connectivity index (χ1) is 9.81. The van der Waals surface area contributed by atoms with Crippen molar-refractivity contribution in [3.63, 3.8) is 0 Å². The molecule has 21 heavy (non-hydrogen) atoms. The normalized spacial score (nSPS) is 11.0. The molecule has 2 N–H and O–H groups in total. The fraction of sp³-hybridized carbons (Fsp3) is 0.312. The maximum atomic E-state index is 8.80. The molecule has 0 spiro atoms. The lowest BCUT2D eigenvalue weighted by molar-refractivity contribution is 0.442. The van der Waals surface area contributed by atoms with Crippen molar-refractivity contribution in [2.45, 2.75) is 33.1 Å². The summed E-state index contributed by atoms with van der Waals surface area (Å²) in [6.45, 7) is 7.87. The van der Waals surface area contributed by atoms with Crippen LogP contribution < -0.4 is 10.5 Å². The van der Waals surface area contributed by atoms with Crippen LogP contribution in [0.4, 0.5) is 5.82 Å². The molecule has 0 unspecified atom stereocenters. The lowest BCUT2D eigenvalue weighted by atomic mass is 9.95. The van der Waals surface area contributed by atoms with Gasteiger partial charge in [-0.3, -0.25) is 0 Å². The van der Waals surface area contributed by atoms with Crippen molar-refractivity contribution >= 4 is 5.82 Å². The van der Waals surface area contributed by atoms with Crippen LogP contribution in [0.1, 0.15) is 37.7 Å². The first-order valence-electron chi connectivity index (χ1n) is 6.64. The standard InChI is InChI=1S/C16H18N4O/c1-10-13(18)19-15(16(2,3)4)20-14(10)21-12-7-5-11(9-17)6-8-12/h5-8H,1-4H3,(H2,18,19,20). The Labute approximate surface area is 124 Å². The maximum Gasteiger partial charge on any atom is 0.227 e. The fourth-order valence-corrected chi connectivity index (χ4v) is 1.66. The number of hydrogen-bond acceptors (Lipinski definition) is 5. The monoisotopic (exact) mass is 282 g/mol. The highest BCUT2D eigenvalue weighted by Crippen LogP contribution is 2.29. The molecule has 0 aliphatic carbocycles. The number of hydrogen-bond donors (Lipinski definition) is 1. The van der Waals surface area contributed by atoms with Gasteiger partial charge in [-0.2, -0.15) is 10.2 Å². The molecule has 0 radical (unpaired) electrons. The maximum absolute atomic E-state index is 8.80. The van der Waals surface area contributed by atoms with Crippen molar-refractivity contribution in [3.05, 3.63) is 41.2 Å². The smallest absolute Gasteiger partial charge is 0.227 e. The Kier molecular flexibility index (Phi) is 3.81. The SMILES string of the molecule is Cc1c(N)nc(C(C)(C)C)nc1Oc1ccc(C#N)cc1.